The number of aliphatic hydroxyl groups excluding tert-OH is 1. The van der Waals surface area contributed by atoms with Crippen molar-refractivity contribution in [2.45, 2.75) is 104 Å². The lowest BCUT2D eigenvalue weighted by Gasteiger charge is -2.36. The maximum atomic E-state index is 13.7. The number of hydrogen-bond acceptors (Lipinski definition) is 6. The van der Waals surface area contributed by atoms with Gasteiger partial charge in [-0.1, -0.05) is 50.8 Å². The lowest BCUT2D eigenvalue weighted by atomic mass is 9.99. The minimum Gasteiger partial charge on any atom is -0.508 e. The smallest absolute Gasteiger partial charge is 0.408 e. The van der Waals surface area contributed by atoms with Gasteiger partial charge in [0.25, 0.3) is 0 Å². The molecule has 9 heteroatoms. The second-order valence-electron chi connectivity index (χ2n) is 11.0. The van der Waals surface area contributed by atoms with Crippen LogP contribution in [0.1, 0.15) is 92.2 Å². The highest BCUT2D eigenvalue weighted by Crippen LogP contribution is 2.30. The first kappa shape index (κ1) is 31.2. The van der Waals surface area contributed by atoms with Crippen LogP contribution in [0.2, 0.25) is 0 Å². The summed E-state index contributed by atoms with van der Waals surface area (Å²) in [4.78, 5) is 41.0. The number of aliphatic hydroxyl groups is 1. The molecule has 36 heavy (non-hydrogen) atoms. The van der Waals surface area contributed by atoms with Crippen molar-refractivity contribution in [3.63, 3.8) is 0 Å². The van der Waals surface area contributed by atoms with Crippen molar-refractivity contribution in [1.29, 1.82) is 0 Å². The second kappa shape index (κ2) is 14.1. The Morgan fingerprint density at radius 1 is 1.00 bits per heavy atom. The summed E-state index contributed by atoms with van der Waals surface area (Å²) in [5.74, 6) is -1.24. The highest BCUT2D eigenvalue weighted by atomic mass is 16.6. The van der Waals surface area contributed by atoms with Crippen LogP contribution < -0.4 is 10.6 Å². The number of para-hydroxylation sites is 1. The van der Waals surface area contributed by atoms with Gasteiger partial charge in [-0.15, -0.1) is 0 Å². The minimum absolute atomic E-state index is 0.129. The lowest BCUT2D eigenvalue weighted by molar-refractivity contribution is -0.144. The van der Waals surface area contributed by atoms with Gasteiger partial charge in [0, 0.05) is 17.6 Å². The average molecular weight is 508 g/mol. The van der Waals surface area contributed by atoms with Crippen molar-refractivity contribution in [2.75, 3.05) is 13.2 Å². The number of aromatic hydroxyl groups is 1. The van der Waals surface area contributed by atoms with E-state index in [9.17, 15) is 24.6 Å². The third-order valence-corrected chi connectivity index (χ3v) is 5.25. The molecular weight excluding hydrogens is 462 g/mol. The first-order valence-corrected chi connectivity index (χ1v) is 12.7. The molecule has 1 aromatic rings. The number of nitrogens with zero attached hydrogens (tertiary/aromatic N) is 1. The van der Waals surface area contributed by atoms with Crippen LogP contribution in [0.15, 0.2) is 24.3 Å². The number of unbranched alkanes of at least 4 members (excludes halogenated alkanes) is 4. The van der Waals surface area contributed by atoms with Crippen LogP contribution in [0, 0.1) is 0 Å². The van der Waals surface area contributed by atoms with Crippen LogP contribution in [0.5, 0.6) is 5.75 Å². The fourth-order valence-electron chi connectivity index (χ4n) is 3.70. The van der Waals surface area contributed by atoms with Crippen molar-refractivity contribution in [3.8, 4) is 5.75 Å². The Morgan fingerprint density at radius 2 is 1.61 bits per heavy atom. The number of amides is 3. The summed E-state index contributed by atoms with van der Waals surface area (Å²) in [5.41, 5.74) is -1.13. The molecular formula is C27H45N3O6. The standard InChI is InChI=1S/C27H45N3O6/c1-8-9-10-11-14-17-30(24(34)20(18-31)28-25(35)36-27(5,6)7)22(23(33)29-26(2,3)4)19-15-12-13-16-21(19)32/h12-13,15-16,20,22,31-32H,8-11,14,17-18H2,1-7H3,(H,28,35)(H,29,33). The molecule has 1 aromatic carbocycles. The largest absolute Gasteiger partial charge is 0.508 e. The third-order valence-electron chi connectivity index (χ3n) is 5.25. The molecule has 0 heterocycles. The van der Waals surface area contributed by atoms with E-state index in [0.717, 1.165) is 25.7 Å². The van der Waals surface area contributed by atoms with Gasteiger partial charge in [-0.05, 0) is 54.0 Å². The zero-order chi connectivity index (χ0) is 27.5. The number of alkyl carbamates (subject to hydrolysis) is 1. The normalized spacial score (nSPS) is 13.4. The molecule has 0 bridgehead atoms. The Bertz CT molecular complexity index is 860. The topological polar surface area (TPSA) is 128 Å². The average Bonchev–Trinajstić information content (AvgIpc) is 2.74. The van der Waals surface area contributed by atoms with Gasteiger partial charge >= 0.3 is 6.09 Å². The van der Waals surface area contributed by atoms with E-state index in [4.69, 9.17) is 4.74 Å². The second-order valence-corrected chi connectivity index (χ2v) is 11.0. The van der Waals surface area contributed by atoms with Crippen molar-refractivity contribution in [2.24, 2.45) is 0 Å². The van der Waals surface area contributed by atoms with Gasteiger partial charge in [-0.2, -0.15) is 0 Å². The molecule has 0 aromatic heterocycles. The number of rotatable bonds is 12. The molecule has 204 valence electrons. The van der Waals surface area contributed by atoms with Crippen LogP contribution >= 0.6 is 0 Å². The molecule has 4 N–H and O–H groups in total. The quantitative estimate of drug-likeness (QED) is 0.316. The summed E-state index contributed by atoms with van der Waals surface area (Å²) < 4.78 is 5.25. The van der Waals surface area contributed by atoms with E-state index in [2.05, 4.69) is 17.6 Å². The van der Waals surface area contributed by atoms with Crippen LogP contribution in [0.25, 0.3) is 0 Å². The first-order valence-electron chi connectivity index (χ1n) is 12.7. The molecule has 0 fully saturated rings. The molecule has 0 aliphatic heterocycles. The predicted molar refractivity (Wildman–Crippen MR) is 139 cm³/mol. The SMILES string of the molecule is CCCCCCCN(C(=O)C(CO)NC(=O)OC(C)(C)C)C(C(=O)NC(C)(C)C)c1ccccc1O. The van der Waals surface area contributed by atoms with Crippen molar-refractivity contribution in [1.82, 2.24) is 15.5 Å². The Hall–Kier alpha value is -2.81. The summed E-state index contributed by atoms with van der Waals surface area (Å²) in [5, 5.41) is 25.9. The maximum Gasteiger partial charge on any atom is 0.408 e. The molecule has 9 nitrogen and oxygen atoms in total. The molecule has 0 saturated carbocycles. The van der Waals surface area contributed by atoms with Gasteiger partial charge in [0.15, 0.2) is 0 Å². The summed E-state index contributed by atoms with van der Waals surface area (Å²) >= 11 is 0. The number of carbonyl (C=O) groups is 3. The van der Waals surface area contributed by atoms with Gasteiger partial charge in [0.1, 0.15) is 23.4 Å². The van der Waals surface area contributed by atoms with Crippen LogP contribution in [0.4, 0.5) is 4.79 Å². The van der Waals surface area contributed by atoms with Gasteiger partial charge < -0.3 is 30.5 Å². The molecule has 2 atom stereocenters. The number of phenolic OH excluding ortho intramolecular Hbond substituents is 1. The highest BCUT2D eigenvalue weighted by Gasteiger charge is 2.38. The van der Waals surface area contributed by atoms with Crippen molar-refractivity contribution < 1.29 is 29.3 Å². The fourth-order valence-corrected chi connectivity index (χ4v) is 3.70. The Kier molecular flexibility index (Phi) is 12.2. The monoisotopic (exact) mass is 507 g/mol. The molecule has 0 radical (unpaired) electrons. The molecule has 0 saturated heterocycles. The number of ether oxygens (including phenoxy) is 1. The summed E-state index contributed by atoms with van der Waals surface area (Å²) in [7, 11) is 0. The van der Waals surface area contributed by atoms with E-state index in [1.54, 1.807) is 39.0 Å². The van der Waals surface area contributed by atoms with Crippen molar-refractivity contribution in [3.05, 3.63) is 29.8 Å². The van der Waals surface area contributed by atoms with Crippen LogP contribution in [0.3, 0.4) is 0 Å². The minimum atomic E-state index is -1.33. The van der Waals surface area contributed by atoms with Gasteiger partial charge in [0.05, 0.1) is 6.61 Å². The highest BCUT2D eigenvalue weighted by molar-refractivity contribution is 5.92. The zero-order valence-electron chi connectivity index (χ0n) is 22.9. The lowest BCUT2D eigenvalue weighted by Crippen LogP contribution is -2.55. The first-order chi connectivity index (χ1) is 16.7. The number of hydrogen-bond donors (Lipinski definition) is 4. The summed E-state index contributed by atoms with van der Waals surface area (Å²) in [6.07, 6.45) is 3.70. The van der Waals surface area contributed by atoms with E-state index in [-0.39, 0.29) is 17.9 Å². The van der Waals surface area contributed by atoms with Crippen LogP contribution in [-0.2, 0) is 14.3 Å². The van der Waals surface area contributed by atoms with Crippen LogP contribution in [-0.4, -0.2) is 63.4 Å². The zero-order valence-corrected chi connectivity index (χ0v) is 22.9. The fraction of sp³-hybridized carbons (Fsp3) is 0.667. The number of benzene rings is 1. The van der Waals surface area contributed by atoms with Gasteiger partial charge in [0.2, 0.25) is 11.8 Å². The van der Waals surface area contributed by atoms with E-state index < -0.39 is 47.7 Å². The summed E-state index contributed by atoms with van der Waals surface area (Å²) in [6.45, 7) is 12.2. The Balaban J connectivity index is 3.40. The van der Waals surface area contributed by atoms with Gasteiger partial charge in [-0.25, -0.2) is 4.79 Å². The number of carbonyl (C=O) groups excluding carboxylic acids is 3. The molecule has 0 aliphatic rings. The molecule has 0 spiro atoms. The molecule has 1 rings (SSSR count). The van der Waals surface area contributed by atoms with Gasteiger partial charge in [-0.3, -0.25) is 9.59 Å². The Labute approximate surface area is 215 Å². The van der Waals surface area contributed by atoms with E-state index in [1.807, 2.05) is 20.8 Å². The van der Waals surface area contributed by atoms with E-state index in [1.165, 1.54) is 11.0 Å². The third kappa shape index (κ3) is 10.8. The molecule has 0 aliphatic carbocycles. The van der Waals surface area contributed by atoms with Crippen molar-refractivity contribution >= 4 is 17.9 Å². The summed E-state index contributed by atoms with van der Waals surface area (Å²) in [6, 6.07) is 3.87. The van der Waals surface area contributed by atoms with E-state index in [0.29, 0.717) is 6.42 Å². The Morgan fingerprint density at radius 3 is 2.14 bits per heavy atom. The molecule has 2 unspecified atom stereocenters. The maximum absolute atomic E-state index is 13.7. The molecule has 3 amide bonds. The predicted octanol–water partition coefficient (Wildman–Crippen LogP) is 4.03. The van der Waals surface area contributed by atoms with E-state index >= 15 is 0 Å². The number of phenols is 1. The number of nitrogens with one attached hydrogen (secondary N) is 2.